The Kier molecular flexibility index (Phi) is 6.95. The highest BCUT2D eigenvalue weighted by atomic mass is 32.2. The smallest absolute Gasteiger partial charge is 0.338 e. The Morgan fingerprint density at radius 3 is 2.45 bits per heavy atom. The molecule has 11 nitrogen and oxygen atoms in total. The van der Waals surface area contributed by atoms with Gasteiger partial charge in [-0.3, -0.25) is 14.9 Å². The number of sulfonamides is 1. The van der Waals surface area contributed by atoms with Crippen LogP contribution in [0.1, 0.15) is 10.4 Å². The Hall–Kier alpha value is -3.35. The molecule has 0 saturated carbocycles. The van der Waals surface area contributed by atoms with Gasteiger partial charge >= 0.3 is 5.97 Å². The number of nitro benzene ring substituents is 1. The van der Waals surface area contributed by atoms with Crippen molar-refractivity contribution in [3.8, 4) is 0 Å². The molecule has 0 aliphatic carbocycles. The third kappa shape index (κ3) is 5.63. The van der Waals surface area contributed by atoms with Crippen molar-refractivity contribution in [1.29, 1.82) is 0 Å². The number of ether oxygens (including phenoxy) is 2. The average molecular weight is 449 g/mol. The molecular formula is C19H19N3O8S. The molecule has 1 aliphatic heterocycles. The second-order valence-electron chi connectivity index (χ2n) is 6.47. The maximum absolute atomic E-state index is 12.7. The summed E-state index contributed by atoms with van der Waals surface area (Å²) in [5.74, 6) is -1.50. The fourth-order valence-electron chi connectivity index (χ4n) is 2.80. The lowest BCUT2D eigenvalue weighted by Gasteiger charge is -2.26. The minimum absolute atomic E-state index is 0.0232. The molecule has 0 bridgehead atoms. The first-order chi connectivity index (χ1) is 14.8. The summed E-state index contributed by atoms with van der Waals surface area (Å²) in [7, 11) is -3.72. The monoisotopic (exact) mass is 449 g/mol. The van der Waals surface area contributed by atoms with Gasteiger partial charge in [0.1, 0.15) is 0 Å². The number of nitro groups is 1. The molecular weight excluding hydrogens is 430 g/mol. The number of carbonyl (C=O) groups is 2. The summed E-state index contributed by atoms with van der Waals surface area (Å²) in [6.45, 7) is 0.511. The Morgan fingerprint density at radius 1 is 1.13 bits per heavy atom. The quantitative estimate of drug-likeness (QED) is 0.379. The van der Waals surface area contributed by atoms with Crippen LogP contribution in [-0.2, 0) is 24.3 Å². The van der Waals surface area contributed by atoms with E-state index in [-0.39, 0.29) is 34.9 Å². The first kappa shape index (κ1) is 22.3. The minimum Gasteiger partial charge on any atom is -0.452 e. The number of esters is 1. The molecule has 2 aromatic rings. The van der Waals surface area contributed by atoms with Gasteiger partial charge in [-0.15, -0.1) is 0 Å². The third-order valence-corrected chi connectivity index (χ3v) is 6.27. The van der Waals surface area contributed by atoms with Gasteiger partial charge in [0.05, 0.1) is 28.6 Å². The zero-order valence-electron chi connectivity index (χ0n) is 16.2. The standard InChI is InChI=1S/C19H19N3O8S/c23-18(13-30-19(24)14-4-6-16(7-5-14)22(25)26)20-15-2-1-3-17(12-15)31(27,28)21-8-10-29-11-9-21/h1-7,12H,8-11,13H2,(H,20,23). The molecule has 2 aromatic carbocycles. The second kappa shape index (κ2) is 9.64. The molecule has 3 rings (SSSR count). The molecule has 1 aliphatic rings. The highest BCUT2D eigenvalue weighted by Crippen LogP contribution is 2.20. The van der Waals surface area contributed by atoms with Crippen molar-refractivity contribution in [2.24, 2.45) is 0 Å². The number of amides is 1. The Labute approximate surface area is 177 Å². The van der Waals surface area contributed by atoms with E-state index in [2.05, 4.69) is 5.32 Å². The zero-order chi connectivity index (χ0) is 22.4. The van der Waals surface area contributed by atoms with E-state index < -0.39 is 33.4 Å². The molecule has 31 heavy (non-hydrogen) atoms. The predicted molar refractivity (Wildman–Crippen MR) is 108 cm³/mol. The normalized spacial score (nSPS) is 14.6. The van der Waals surface area contributed by atoms with Crippen molar-refractivity contribution in [3.05, 3.63) is 64.2 Å². The lowest BCUT2D eigenvalue weighted by Crippen LogP contribution is -2.40. The number of anilines is 1. The lowest BCUT2D eigenvalue weighted by atomic mass is 10.2. The molecule has 1 amide bonds. The first-order valence-electron chi connectivity index (χ1n) is 9.17. The minimum atomic E-state index is -3.72. The summed E-state index contributed by atoms with van der Waals surface area (Å²) in [5, 5.41) is 13.1. The van der Waals surface area contributed by atoms with Crippen LogP contribution in [0.4, 0.5) is 11.4 Å². The largest absolute Gasteiger partial charge is 0.452 e. The number of carbonyl (C=O) groups excluding carboxylic acids is 2. The van der Waals surface area contributed by atoms with Crippen molar-refractivity contribution in [2.75, 3.05) is 38.2 Å². The van der Waals surface area contributed by atoms with Crippen LogP contribution in [0.15, 0.2) is 53.4 Å². The van der Waals surface area contributed by atoms with E-state index in [0.717, 1.165) is 12.1 Å². The highest BCUT2D eigenvalue weighted by molar-refractivity contribution is 7.89. The number of hydrogen-bond acceptors (Lipinski definition) is 8. The van der Waals surface area contributed by atoms with Gasteiger partial charge in [-0.25, -0.2) is 13.2 Å². The van der Waals surface area contributed by atoms with Crippen LogP contribution in [0.3, 0.4) is 0 Å². The number of non-ortho nitro benzene ring substituents is 1. The summed E-state index contributed by atoms with van der Waals surface area (Å²) in [5.41, 5.74) is 0.101. The molecule has 1 N–H and O–H groups in total. The molecule has 0 radical (unpaired) electrons. The molecule has 0 spiro atoms. The lowest BCUT2D eigenvalue weighted by molar-refractivity contribution is -0.384. The van der Waals surface area contributed by atoms with Crippen molar-refractivity contribution < 1.29 is 32.4 Å². The van der Waals surface area contributed by atoms with Crippen LogP contribution in [0.25, 0.3) is 0 Å². The Balaban J connectivity index is 1.58. The molecule has 1 fully saturated rings. The van der Waals surface area contributed by atoms with Crippen LogP contribution in [-0.4, -0.2) is 62.4 Å². The Morgan fingerprint density at radius 2 is 1.81 bits per heavy atom. The molecule has 0 unspecified atom stereocenters. The van der Waals surface area contributed by atoms with E-state index in [0.29, 0.717) is 13.2 Å². The van der Waals surface area contributed by atoms with Gasteiger partial charge in [-0.2, -0.15) is 4.31 Å². The van der Waals surface area contributed by atoms with Gasteiger partial charge in [0.15, 0.2) is 6.61 Å². The molecule has 1 heterocycles. The van der Waals surface area contributed by atoms with E-state index in [4.69, 9.17) is 9.47 Å². The second-order valence-corrected chi connectivity index (χ2v) is 8.41. The van der Waals surface area contributed by atoms with Gasteiger partial charge in [-0.05, 0) is 30.3 Å². The molecule has 1 saturated heterocycles. The number of morpholine rings is 1. The Bertz CT molecular complexity index is 1080. The summed E-state index contributed by atoms with van der Waals surface area (Å²) < 4.78 is 36.8. The van der Waals surface area contributed by atoms with Gasteiger partial charge in [0, 0.05) is 30.9 Å². The van der Waals surface area contributed by atoms with Gasteiger partial charge in [0.25, 0.3) is 11.6 Å². The number of benzene rings is 2. The van der Waals surface area contributed by atoms with E-state index in [1.807, 2.05) is 0 Å². The highest BCUT2D eigenvalue weighted by Gasteiger charge is 2.26. The number of rotatable bonds is 7. The summed E-state index contributed by atoms with van der Waals surface area (Å²) in [6.07, 6.45) is 0. The fourth-order valence-corrected chi connectivity index (χ4v) is 4.26. The average Bonchev–Trinajstić information content (AvgIpc) is 2.78. The maximum Gasteiger partial charge on any atom is 0.338 e. The van der Waals surface area contributed by atoms with Crippen molar-refractivity contribution in [2.45, 2.75) is 4.90 Å². The first-order valence-corrected chi connectivity index (χ1v) is 10.6. The molecule has 12 heteroatoms. The van der Waals surface area contributed by atoms with Crippen molar-refractivity contribution in [1.82, 2.24) is 4.31 Å². The summed E-state index contributed by atoms with van der Waals surface area (Å²) >= 11 is 0. The fraction of sp³-hybridized carbons (Fsp3) is 0.263. The third-order valence-electron chi connectivity index (χ3n) is 4.37. The SMILES string of the molecule is O=C(COC(=O)c1ccc([N+](=O)[O-])cc1)Nc1cccc(S(=O)(=O)N2CCOCC2)c1. The van der Waals surface area contributed by atoms with Crippen molar-refractivity contribution in [3.63, 3.8) is 0 Å². The van der Waals surface area contributed by atoms with Gasteiger partial charge in [0.2, 0.25) is 10.0 Å². The topological polar surface area (TPSA) is 145 Å². The van der Waals surface area contributed by atoms with Gasteiger partial charge in [-0.1, -0.05) is 6.07 Å². The van der Waals surface area contributed by atoms with E-state index in [1.54, 1.807) is 0 Å². The summed E-state index contributed by atoms with van der Waals surface area (Å²) in [4.78, 5) is 34.1. The van der Waals surface area contributed by atoms with E-state index in [1.165, 1.54) is 40.7 Å². The van der Waals surface area contributed by atoms with Gasteiger partial charge < -0.3 is 14.8 Å². The molecule has 0 aromatic heterocycles. The van der Waals surface area contributed by atoms with E-state index >= 15 is 0 Å². The predicted octanol–water partition coefficient (Wildman–Crippen LogP) is 1.41. The number of nitrogens with zero attached hydrogens (tertiary/aromatic N) is 2. The zero-order valence-corrected chi connectivity index (χ0v) is 17.0. The van der Waals surface area contributed by atoms with Crippen LogP contribution in [0, 0.1) is 10.1 Å². The molecule has 0 atom stereocenters. The van der Waals surface area contributed by atoms with Crippen LogP contribution in [0.2, 0.25) is 0 Å². The van der Waals surface area contributed by atoms with Crippen molar-refractivity contribution >= 4 is 33.3 Å². The van der Waals surface area contributed by atoms with E-state index in [9.17, 15) is 28.1 Å². The molecule has 164 valence electrons. The number of hydrogen-bond donors (Lipinski definition) is 1. The van der Waals surface area contributed by atoms with Crippen LogP contribution < -0.4 is 5.32 Å². The van der Waals surface area contributed by atoms with Crippen LogP contribution >= 0.6 is 0 Å². The number of nitrogens with one attached hydrogen (secondary N) is 1. The van der Waals surface area contributed by atoms with Crippen LogP contribution in [0.5, 0.6) is 0 Å². The summed E-state index contributed by atoms with van der Waals surface area (Å²) in [6, 6.07) is 10.5. The maximum atomic E-state index is 12.7.